The molecular formula is C24H25F3N2O4. The van der Waals surface area contributed by atoms with Crippen molar-refractivity contribution >= 4 is 17.6 Å². The second-order valence-electron chi connectivity index (χ2n) is 8.35. The number of hydrogen-bond acceptors (Lipinski definition) is 4. The Morgan fingerprint density at radius 2 is 1.58 bits per heavy atom. The number of benzene rings is 2. The van der Waals surface area contributed by atoms with Crippen LogP contribution in [0.15, 0.2) is 48.5 Å². The van der Waals surface area contributed by atoms with Gasteiger partial charge in [0.05, 0.1) is 24.3 Å². The fraction of sp³-hybridized carbons (Fsp3) is 0.417. The molecule has 0 saturated carbocycles. The molecule has 0 radical (unpaired) electrons. The molecule has 0 aliphatic carbocycles. The molecule has 1 amide bonds. The van der Waals surface area contributed by atoms with E-state index in [9.17, 15) is 27.9 Å². The first-order valence-corrected chi connectivity index (χ1v) is 10.9. The summed E-state index contributed by atoms with van der Waals surface area (Å²) in [6.45, 7) is 2.45. The molecule has 6 nitrogen and oxygen atoms in total. The number of amides is 1. The van der Waals surface area contributed by atoms with E-state index in [1.807, 2.05) is 4.90 Å². The summed E-state index contributed by atoms with van der Waals surface area (Å²) in [5.74, 6) is -1.10. The predicted octanol–water partition coefficient (Wildman–Crippen LogP) is 4.02. The molecule has 33 heavy (non-hydrogen) atoms. The molecule has 2 saturated heterocycles. The summed E-state index contributed by atoms with van der Waals surface area (Å²) >= 11 is 0. The zero-order valence-electron chi connectivity index (χ0n) is 17.9. The minimum absolute atomic E-state index is 0.00789. The van der Waals surface area contributed by atoms with Crippen molar-refractivity contribution < 1.29 is 32.6 Å². The second-order valence-corrected chi connectivity index (χ2v) is 8.35. The molecule has 2 atom stereocenters. The van der Waals surface area contributed by atoms with Gasteiger partial charge < -0.3 is 19.6 Å². The number of carbonyl (C=O) groups excluding carboxylic acids is 1. The lowest BCUT2D eigenvalue weighted by Gasteiger charge is -2.43. The van der Waals surface area contributed by atoms with E-state index < -0.39 is 23.8 Å². The van der Waals surface area contributed by atoms with Gasteiger partial charge in [-0.2, -0.15) is 13.2 Å². The first-order valence-electron chi connectivity index (χ1n) is 10.9. The van der Waals surface area contributed by atoms with Gasteiger partial charge in [0.25, 0.3) is 0 Å². The number of carboxylic acid groups (broad SMARTS) is 1. The standard InChI is InChI=1S/C24H25F3N2O4/c25-24(26,27)19-6-1-16(2-7-19)18-5-10-21(22(30)28-11-13-33-14-12-28)29(15-18)20-8-3-17(4-9-20)23(31)32/h1-4,6-9,18,21H,5,10-15H2,(H,31,32)/t18?,21-/m0/s1. The van der Waals surface area contributed by atoms with Gasteiger partial charge in [0.2, 0.25) is 5.91 Å². The van der Waals surface area contributed by atoms with E-state index in [0.717, 1.165) is 17.7 Å². The fourth-order valence-electron chi connectivity index (χ4n) is 4.52. The lowest BCUT2D eigenvalue weighted by atomic mass is 9.86. The van der Waals surface area contributed by atoms with Gasteiger partial charge >= 0.3 is 12.1 Å². The van der Waals surface area contributed by atoms with Crippen molar-refractivity contribution in [1.82, 2.24) is 4.90 Å². The summed E-state index contributed by atoms with van der Waals surface area (Å²) < 4.78 is 44.2. The van der Waals surface area contributed by atoms with Crippen molar-refractivity contribution in [3.05, 3.63) is 65.2 Å². The van der Waals surface area contributed by atoms with Crippen molar-refractivity contribution in [3.8, 4) is 0 Å². The number of halogens is 3. The van der Waals surface area contributed by atoms with Crippen molar-refractivity contribution in [1.29, 1.82) is 0 Å². The molecule has 176 valence electrons. The monoisotopic (exact) mass is 462 g/mol. The summed E-state index contributed by atoms with van der Waals surface area (Å²) in [6, 6.07) is 11.1. The largest absolute Gasteiger partial charge is 0.478 e. The molecule has 0 aromatic heterocycles. The number of morpholine rings is 1. The lowest BCUT2D eigenvalue weighted by molar-refractivity contribution is -0.138. The summed E-state index contributed by atoms with van der Waals surface area (Å²) in [5, 5.41) is 9.20. The van der Waals surface area contributed by atoms with Crippen LogP contribution in [0.5, 0.6) is 0 Å². The summed E-state index contributed by atoms with van der Waals surface area (Å²) in [6.07, 6.45) is -3.18. The van der Waals surface area contributed by atoms with Gasteiger partial charge in [-0.05, 0) is 54.8 Å². The lowest BCUT2D eigenvalue weighted by Crippen LogP contribution is -2.54. The van der Waals surface area contributed by atoms with E-state index in [0.29, 0.717) is 51.4 Å². The first kappa shape index (κ1) is 23.1. The van der Waals surface area contributed by atoms with Gasteiger partial charge in [0, 0.05) is 31.2 Å². The third-order valence-corrected chi connectivity index (χ3v) is 6.35. The molecule has 1 unspecified atom stereocenters. The highest BCUT2D eigenvalue weighted by Crippen LogP contribution is 2.36. The number of anilines is 1. The number of alkyl halides is 3. The topological polar surface area (TPSA) is 70.1 Å². The third-order valence-electron chi connectivity index (χ3n) is 6.35. The number of piperidine rings is 1. The van der Waals surface area contributed by atoms with Crippen LogP contribution in [0, 0.1) is 0 Å². The maximum atomic E-state index is 13.3. The molecule has 2 fully saturated rings. The maximum absolute atomic E-state index is 13.3. The van der Waals surface area contributed by atoms with Gasteiger partial charge in [0.15, 0.2) is 0 Å². The average Bonchev–Trinajstić information content (AvgIpc) is 2.83. The predicted molar refractivity (Wildman–Crippen MR) is 115 cm³/mol. The highest BCUT2D eigenvalue weighted by molar-refractivity contribution is 5.89. The summed E-state index contributed by atoms with van der Waals surface area (Å²) in [4.78, 5) is 28.3. The van der Waals surface area contributed by atoms with Crippen LogP contribution in [0.3, 0.4) is 0 Å². The van der Waals surface area contributed by atoms with E-state index >= 15 is 0 Å². The molecule has 0 spiro atoms. The average molecular weight is 462 g/mol. The molecule has 1 N–H and O–H groups in total. The Labute approximate surface area is 189 Å². The highest BCUT2D eigenvalue weighted by Gasteiger charge is 2.37. The maximum Gasteiger partial charge on any atom is 0.416 e. The third kappa shape index (κ3) is 5.13. The van der Waals surface area contributed by atoms with E-state index in [4.69, 9.17) is 4.74 Å². The van der Waals surface area contributed by atoms with Crippen LogP contribution >= 0.6 is 0 Å². The molecule has 2 aliphatic heterocycles. The SMILES string of the molecule is O=C(O)c1ccc(N2CC(c3ccc(C(F)(F)F)cc3)CC[C@H]2C(=O)N2CCOCC2)cc1. The smallest absolute Gasteiger partial charge is 0.416 e. The Bertz CT molecular complexity index is 986. The fourth-order valence-corrected chi connectivity index (χ4v) is 4.52. The van der Waals surface area contributed by atoms with Crippen molar-refractivity contribution in [2.24, 2.45) is 0 Å². The Balaban J connectivity index is 1.59. The Morgan fingerprint density at radius 1 is 0.939 bits per heavy atom. The van der Waals surface area contributed by atoms with Gasteiger partial charge in [-0.15, -0.1) is 0 Å². The van der Waals surface area contributed by atoms with E-state index in [1.165, 1.54) is 24.3 Å². The number of hydrogen-bond donors (Lipinski definition) is 1. The number of aromatic carboxylic acids is 1. The number of ether oxygens (including phenoxy) is 1. The van der Waals surface area contributed by atoms with Gasteiger partial charge in [-0.1, -0.05) is 12.1 Å². The zero-order chi connectivity index (χ0) is 23.6. The first-order chi connectivity index (χ1) is 15.7. The molecule has 2 aromatic rings. The number of carbonyl (C=O) groups is 2. The van der Waals surface area contributed by atoms with Crippen molar-refractivity contribution in [2.45, 2.75) is 31.0 Å². The van der Waals surface area contributed by atoms with Crippen LogP contribution in [0.25, 0.3) is 0 Å². The second kappa shape index (κ2) is 9.43. The number of carboxylic acids is 1. The van der Waals surface area contributed by atoms with Crippen molar-refractivity contribution in [2.75, 3.05) is 37.7 Å². The minimum atomic E-state index is -4.39. The normalized spacial score (nSPS) is 21.7. The number of rotatable bonds is 4. The Kier molecular flexibility index (Phi) is 6.60. The zero-order valence-corrected chi connectivity index (χ0v) is 17.9. The van der Waals surface area contributed by atoms with Crippen LogP contribution in [0.4, 0.5) is 18.9 Å². The molecule has 2 aliphatic rings. The minimum Gasteiger partial charge on any atom is -0.478 e. The van der Waals surface area contributed by atoms with Crippen molar-refractivity contribution in [3.63, 3.8) is 0 Å². The quantitative estimate of drug-likeness (QED) is 0.744. The molecule has 0 bridgehead atoms. The molecule has 2 heterocycles. The van der Waals surface area contributed by atoms with E-state index in [-0.39, 0.29) is 17.4 Å². The van der Waals surface area contributed by atoms with Gasteiger partial charge in [0.1, 0.15) is 6.04 Å². The van der Waals surface area contributed by atoms with Crippen LogP contribution in [-0.2, 0) is 15.7 Å². The highest BCUT2D eigenvalue weighted by atomic mass is 19.4. The van der Waals surface area contributed by atoms with Gasteiger partial charge in [-0.25, -0.2) is 4.79 Å². The van der Waals surface area contributed by atoms with Crippen LogP contribution < -0.4 is 4.90 Å². The Hall–Kier alpha value is -3.07. The van der Waals surface area contributed by atoms with E-state index in [1.54, 1.807) is 17.0 Å². The molecule has 4 rings (SSSR count). The number of nitrogens with zero attached hydrogens (tertiary/aromatic N) is 2. The molecule has 2 aromatic carbocycles. The van der Waals surface area contributed by atoms with Crippen LogP contribution in [0.1, 0.15) is 40.2 Å². The molecule has 9 heteroatoms. The van der Waals surface area contributed by atoms with Crippen LogP contribution in [0.2, 0.25) is 0 Å². The summed E-state index contributed by atoms with van der Waals surface area (Å²) in [7, 11) is 0. The Morgan fingerprint density at radius 3 is 2.15 bits per heavy atom. The molecular weight excluding hydrogens is 437 g/mol. The van der Waals surface area contributed by atoms with Gasteiger partial charge in [-0.3, -0.25) is 4.79 Å². The summed E-state index contributed by atoms with van der Waals surface area (Å²) in [5.41, 5.74) is 0.949. The van der Waals surface area contributed by atoms with E-state index in [2.05, 4.69) is 0 Å². The van der Waals surface area contributed by atoms with Crippen LogP contribution in [-0.4, -0.2) is 60.8 Å².